The van der Waals surface area contributed by atoms with E-state index in [2.05, 4.69) is 5.32 Å². The van der Waals surface area contributed by atoms with Gasteiger partial charge in [0.05, 0.1) is 19.3 Å². The number of aliphatic carboxylic acids is 1. The van der Waals surface area contributed by atoms with Crippen LogP contribution in [0.5, 0.6) is 0 Å². The molecule has 20 unspecified atom stereocenters. The maximum Gasteiger partial charge on any atom is 0.335 e. The van der Waals surface area contributed by atoms with Crippen molar-refractivity contribution in [3.63, 3.8) is 0 Å². The Kier molecular flexibility index (Phi) is 15.6. The molecule has 0 aromatic carbocycles. The van der Waals surface area contributed by atoms with Gasteiger partial charge in [-0.1, -0.05) is 13.8 Å². The fraction of sp³-hybridized carbons (Fsp3) is 0.933. The highest BCUT2D eigenvalue weighted by Crippen LogP contribution is 2.34. The van der Waals surface area contributed by atoms with E-state index < -0.39 is 154 Å². The monoisotopic (exact) mass is 776 g/mol. The Morgan fingerprint density at radius 3 is 1.72 bits per heavy atom. The second-order valence-electron chi connectivity index (χ2n) is 13.7. The summed E-state index contributed by atoms with van der Waals surface area (Å²) in [7, 11) is 0. The molecule has 53 heavy (non-hydrogen) atoms. The zero-order valence-corrected chi connectivity index (χ0v) is 28.8. The molecule has 0 radical (unpaired) electrons. The summed E-state index contributed by atoms with van der Waals surface area (Å²) < 4.78 is 38.8. The summed E-state index contributed by atoms with van der Waals surface area (Å²) in [6.07, 6.45) is -35.9. The molecule has 1 amide bonds. The van der Waals surface area contributed by atoms with Crippen molar-refractivity contribution in [2.45, 2.75) is 143 Å². The number of nitrogens with one attached hydrogen (secondary N) is 1. The van der Waals surface area contributed by atoms with E-state index in [-0.39, 0.29) is 13.1 Å². The van der Waals surface area contributed by atoms with E-state index in [0.717, 1.165) is 0 Å². The zero-order valence-electron chi connectivity index (χ0n) is 28.8. The van der Waals surface area contributed by atoms with Gasteiger partial charge < -0.3 is 105 Å². The van der Waals surface area contributed by atoms with Gasteiger partial charge in [0.2, 0.25) is 0 Å². The van der Waals surface area contributed by atoms with Crippen LogP contribution in [0.15, 0.2) is 0 Å². The van der Waals surface area contributed by atoms with Gasteiger partial charge in [0.25, 0.3) is 5.91 Å². The number of aliphatic hydroxyl groups excluding tert-OH is 11. The molecule has 308 valence electrons. The molecule has 0 saturated carbocycles. The van der Waals surface area contributed by atoms with Gasteiger partial charge in [0.15, 0.2) is 31.1 Å². The molecule has 23 heteroatoms. The molecule has 4 aliphatic rings. The average molecular weight is 777 g/mol. The van der Waals surface area contributed by atoms with Crippen molar-refractivity contribution in [3.05, 3.63) is 0 Å². The highest BCUT2D eigenvalue weighted by Gasteiger charge is 2.55. The average Bonchev–Trinajstić information content (AvgIpc) is 3.11. The number of carbonyl (C=O) groups excluding carboxylic acids is 1. The van der Waals surface area contributed by atoms with Crippen LogP contribution in [0.25, 0.3) is 0 Å². The van der Waals surface area contributed by atoms with Gasteiger partial charge in [-0.3, -0.25) is 4.79 Å². The van der Waals surface area contributed by atoms with Gasteiger partial charge in [-0.25, -0.2) is 4.79 Å². The normalized spacial score (nSPS) is 46.6. The molecular formula is C30H52N2O21. The SMILES string of the molecule is CC(C)C1OC(COC2OC(CO)C(O)C(OC3OC(C(=O)NCCCN)C(O)C(O)C3O)C2O)C(O)C(OC2OC(C(=O)O)C(O)C(O)C2O)C1O. The lowest BCUT2D eigenvalue weighted by molar-refractivity contribution is -0.362. The lowest BCUT2D eigenvalue weighted by atomic mass is 9.89. The number of carboxylic acids is 1. The number of hydrogen-bond donors (Lipinski definition) is 14. The number of hydrogen-bond acceptors (Lipinski definition) is 21. The fourth-order valence-corrected chi connectivity index (χ4v) is 6.42. The van der Waals surface area contributed by atoms with Crippen LogP contribution >= 0.6 is 0 Å². The third-order valence-corrected chi connectivity index (χ3v) is 9.53. The van der Waals surface area contributed by atoms with Crippen LogP contribution in [-0.2, 0) is 42.7 Å². The summed E-state index contributed by atoms with van der Waals surface area (Å²) in [5.41, 5.74) is 5.42. The molecule has 0 aliphatic carbocycles. The Morgan fingerprint density at radius 1 is 0.660 bits per heavy atom. The minimum absolute atomic E-state index is 0.0958. The highest BCUT2D eigenvalue weighted by molar-refractivity contribution is 5.81. The van der Waals surface area contributed by atoms with E-state index >= 15 is 0 Å². The Labute approximate surface area is 302 Å². The van der Waals surface area contributed by atoms with Crippen LogP contribution in [-0.4, -0.2) is 222 Å². The molecule has 0 aromatic rings. The number of ether oxygens (including phenoxy) is 7. The van der Waals surface area contributed by atoms with Gasteiger partial charge in [-0.2, -0.15) is 0 Å². The molecule has 0 spiro atoms. The topological polar surface area (TPSA) is 380 Å². The van der Waals surface area contributed by atoms with Crippen molar-refractivity contribution in [2.75, 3.05) is 26.3 Å². The van der Waals surface area contributed by atoms with Crippen LogP contribution in [0.4, 0.5) is 0 Å². The van der Waals surface area contributed by atoms with Gasteiger partial charge in [0, 0.05) is 6.54 Å². The first-order valence-electron chi connectivity index (χ1n) is 17.1. The molecule has 4 fully saturated rings. The molecular weight excluding hydrogens is 724 g/mol. The number of aliphatic hydroxyl groups is 11. The number of nitrogens with two attached hydrogens (primary N) is 1. The molecule has 4 heterocycles. The summed E-state index contributed by atoms with van der Waals surface area (Å²) in [6, 6.07) is 0. The number of rotatable bonds is 14. The summed E-state index contributed by atoms with van der Waals surface area (Å²) in [5, 5.41) is 128. The van der Waals surface area contributed by atoms with Crippen molar-refractivity contribution >= 4 is 11.9 Å². The van der Waals surface area contributed by atoms with E-state index in [1.807, 2.05) is 0 Å². The molecule has 0 bridgehead atoms. The van der Waals surface area contributed by atoms with Crippen LogP contribution in [0.1, 0.15) is 20.3 Å². The summed E-state index contributed by atoms with van der Waals surface area (Å²) >= 11 is 0. The molecule has 20 atom stereocenters. The Balaban J connectivity index is 1.48. The van der Waals surface area contributed by atoms with Crippen LogP contribution in [0, 0.1) is 5.92 Å². The van der Waals surface area contributed by atoms with Crippen LogP contribution < -0.4 is 11.1 Å². The minimum Gasteiger partial charge on any atom is -0.479 e. The summed E-state index contributed by atoms with van der Waals surface area (Å²) in [4.78, 5) is 24.2. The lowest BCUT2D eigenvalue weighted by Gasteiger charge is -2.48. The van der Waals surface area contributed by atoms with Crippen molar-refractivity contribution in [1.82, 2.24) is 5.32 Å². The first kappa shape index (κ1) is 43.9. The Bertz CT molecular complexity index is 1190. The second kappa shape index (κ2) is 18.9. The number of amides is 1. The maximum absolute atomic E-state index is 12.6. The molecule has 4 rings (SSSR count). The second-order valence-corrected chi connectivity index (χ2v) is 13.7. The van der Waals surface area contributed by atoms with Gasteiger partial charge in [-0.05, 0) is 18.9 Å². The number of carbonyl (C=O) groups is 2. The van der Waals surface area contributed by atoms with E-state index in [1.54, 1.807) is 13.8 Å². The fourth-order valence-electron chi connectivity index (χ4n) is 6.42. The molecule has 15 N–H and O–H groups in total. The van der Waals surface area contributed by atoms with E-state index in [4.69, 9.17) is 38.9 Å². The standard InChI is InChI=1S/C30H52N2O21/c1-8(2)21-19(42)22(50-30-18(41)14(37)16(39)25(53-30)27(45)46)12(35)10(48-21)7-47-28-20(43)23(11(34)9(6-33)49-28)51-29-17(40)13(36)15(38)24(52-29)26(44)32-5-3-4-31/h8-25,28-30,33-43H,3-7,31H2,1-2H3,(H,32,44)(H,45,46). The van der Waals surface area contributed by atoms with Gasteiger partial charge in [0.1, 0.15) is 85.5 Å². The summed E-state index contributed by atoms with van der Waals surface area (Å²) in [5.74, 6) is -3.04. The van der Waals surface area contributed by atoms with Crippen LogP contribution in [0.3, 0.4) is 0 Å². The first-order valence-corrected chi connectivity index (χ1v) is 17.1. The highest BCUT2D eigenvalue weighted by atomic mass is 16.7. The van der Waals surface area contributed by atoms with Crippen molar-refractivity contribution in [3.8, 4) is 0 Å². The predicted molar refractivity (Wildman–Crippen MR) is 167 cm³/mol. The van der Waals surface area contributed by atoms with Crippen molar-refractivity contribution in [2.24, 2.45) is 11.7 Å². The zero-order chi connectivity index (χ0) is 39.5. The quantitative estimate of drug-likeness (QED) is 0.0728. The third-order valence-electron chi connectivity index (χ3n) is 9.53. The van der Waals surface area contributed by atoms with E-state index in [9.17, 15) is 70.9 Å². The van der Waals surface area contributed by atoms with Crippen LogP contribution in [0.2, 0.25) is 0 Å². The van der Waals surface area contributed by atoms with Crippen molar-refractivity contribution < 1.29 is 104 Å². The van der Waals surface area contributed by atoms with Crippen molar-refractivity contribution in [1.29, 1.82) is 0 Å². The number of carboxylic acid groups (broad SMARTS) is 1. The summed E-state index contributed by atoms with van der Waals surface area (Å²) in [6.45, 7) is 2.09. The maximum atomic E-state index is 12.6. The first-order chi connectivity index (χ1) is 24.9. The largest absolute Gasteiger partial charge is 0.479 e. The van der Waals surface area contributed by atoms with E-state index in [1.165, 1.54) is 0 Å². The molecule has 23 nitrogen and oxygen atoms in total. The Hall–Kier alpha value is -1.82. The molecule has 4 saturated heterocycles. The Morgan fingerprint density at radius 2 is 1.19 bits per heavy atom. The van der Waals surface area contributed by atoms with Gasteiger partial charge >= 0.3 is 5.97 Å². The van der Waals surface area contributed by atoms with E-state index in [0.29, 0.717) is 6.42 Å². The smallest absolute Gasteiger partial charge is 0.335 e. The molecule has 4 aliphatic heterocycles. The van der Waals surface area contributed by atoms with Gasteiger partial charge in [-0.15, -0.1) is 0 Å². The predicted octanol–water partition coefficient (Wildman–Crippen LogP) is -8.48. The molecule has 0 aromatic heterocycles. The minimum atomic E-state index is -2.04. The third kappa shape index (κ3) is 9.60. The lowest BCUT2D eigenvalue weighted by Crippen LogP contribution is -2.66.